The van der Waals surface area contributed by atoms with Crippen molar-refractivity contribution >= 4 is 27.3 Å². The van der Waals surface area contributed by atoms with Crippen molar-refractivity contribution in [2.75, 3.05) is 13.1 Å². The molecular formula is C15H17BrN2S. The van der Waals surface area contributed by atoms with Crippen molar-refractivity contribution in [1.82, 2.24) is 10.3 Å². The van der Waals surface area contributed by atoms with Crippen LogP contribution < -0.4 is 5.32 Å². The van der Waals surface area contributed by atoms with Crippen LogP contribution in [0.2, 0.25) is 0 Å². The van der Waals surface area contributed by atoms with Crippen molar-refractivity contribution in [3.05, 3.63) is 39.1 Å². The van der Waals surface area contributed by atoms with Crippen LogP contribution in [0, 0.1) is 5.92 Å². The highest BCUT2D eigenvalue weighted by molar-refractivity contribution is 9.10. The van der Waals surface area contributed by atoms with Crippen molar-refractivity contribution in [2.45, 2.75) is 19.3 Å². The van der Waals surface area contributed by atoms with Gasteiger partial charge in [0.05, 0.1) is 10.7 Å². The molecule has 2 heterocycles. The molecule has 1 aromatic heterocycles. The van der Waals surface area contributed by atoms with E-state index in [4.69, 9.17) is 4.98 Å². The molecule has 1 aliphatic rings. The maximum Gasteiger partial charge on any atom is 0.0932 e. The van der Waals surface area contributed by atoms with Crippen LogP contribution in [-0.2, 0) is 6.42 Å². The van der Waals surface area contributed by atoms with Crippen LogP contribution in [0.15, 0.2) is 34.1 Å². The normalized spacial score (nSPS) is 18.9. The molecule has 0 radical (unpaired) electrons. The predicted molar refractivity (Wildman–Crippen MR) is 84.5 cm³/mol. The molecule has 2 aromatic rings. The van der Waals surface area contributed by atoms with E-state index in [1.54, 1.807) is 11.3 Å². The van der Waals surface area contributed by atoms with Gasteiger partial charge in [0.2, 0.25) is 0 Å². The SMILES string of the molecule is Brc1cccc(-c2csc(CCC3CCNC3)n2)c1. The third-order valence-corrected chi connectivity index (χ3v) is 5.00. The number of aryl methyl sites for hydroxylation is 1. The average Bonchev–Trinajstić information content (AvgIpc) is 3.08. The Kier molecular flexibility index (Phi) is 4.31. The average molecular weight is 337 g/mol. The molecule has 1 saturated heterocycles. The molecule has 4 heteroatoms. The Morgan fingerprint density at radius 3 is 3.16 bits per heavy atom. The molecule has 0 spiro atoms. The molecule has 1 atom stereocenters. The number of halogens is 1. The zero-order valence-electron chi connectivity index (χ0n) is 10.7. The van der Waals surface area contributed by atoms with Crippen LogP contribution in [0.1, 0.15) is 17.8 Å². The second-order valence-corrected chi connectivity index (χ2v) is 6.89. The maximum atomic E-state index is 4.76. The minimum absolute atomic E-state index is 0.846. The molecule has 0 bridgehead atoms. The molecule has 1 N–H and O–H groups in total. The number of nitrogens with zero attached hydrogens (tertiary/aromatic N) is 1. The van der Waals surface area contributed by atoms with Gasteiger partial charge in [0.15, 0.2) is 0 Å². The summed E-state index contributed by atoms with van der Waals surface area (Å²) in [6.07, 6.45) is 3.70. The molecule has 100 valence electrons. The van der Waals surface area contributed by atoms with Crippen molar-refractivity contribution in [3.8, 4) is 11.3 Å². The Labute approximate surface area is 126 Å². The maximum absolute atomic E-state index is 4.76. The van der Waals surface area contributed by atoms with Gasteiger partial charge in [0, 0.05) is 15.4 Å². The van der Waals surface area contributed by atoms with Crippen molar-refractivity contribution in [1.29, 1.82) is 0 Å². The molecule has 1 unspecified atom stereocenters. The van der Waals surface area contributed by atoms with Gasteiger partial charge in [-0.1, -0.05) is 28.1 Å². The minimum atomic E-state index is 0.846. The molecule has 1 fully saturated rings. The number of rotatable bonds is 4. The number of nitrogens with one attached hydrogen (secondary N) is 1. The van der Waals surface area contributed by atoms with Crippen molar-refractivity contribution in [3.63, 3.8) is 0 Å². The topological polar surface area (TPSA) is 24.9 Å². The van der Waals surface area contributed by atoms with E-state index >= 15 is 0 Å². The van der Waals surface area contributed by atoms with Crippen molar-refractivity contribution in [2.24, 2.45) is 5.92 Å². The van der Waals surface area contributed by atoms with Gasteiger partial charge in [-0.2, -0.15) is 0 Å². The minimum Gasteiger partial charge on any atom is -0.316 e. The molecule has 1 aliphatic heterocycles. The fourth-order valence-corrected chi connectivity index (χ4v) is 3.72. The number of benzene rings is 1. The molecule has 2 nitrogen and oxygen atoms in total. The number of aromatic nitrogens is 1. The van der Waals surface area contributed by atoms with Crippen LogP contribution in [-0.4, -0.2) is 18.1 Å². The fourth-order valence-electron chi connectivity index (χ4n) is 2.49. The first kappa shape index (κ1) is 13.3. The van der Waals surface area contributed by atoms with Crippen LogP contribution >= 0.6 is 27.3 Å². The van der Waals surface area contributed by atoms with Crippen LogP contribution in [0.3, 0.4) is 0 Å². The zero-order valence-corrected chi connectivity index (χ0v) is 13.1. The van der Waals surface area contributed by atoms with Crippen LogP contribution in [0.4, 0.5) is 0 Å². The van der Waals surface area contributed by atoms with Crippen LogP contribution in [0.25, 0.3) is 11.3 Å². The number of hydrogen-bond acceptors (Lipinski definition) is 3. The van der Waals surface area contributed by atoms with Gasteiger partial charge >= 0.3 is 0 Å². The number of thiazole rings is 1. The van der Waals surface area contributed by atoms with Gasteiger partial charge in [-0.25, -0.2) is 4.98 Å². The highest BCUT2D eigenvalue weighted by Crippen LogP contribution is 2.26. The summed E-state index contributed by atoms with van der Waals surface area (Å²) >= 11 is 5.30. The van der Waals surface area contributed by atoms with E-state index in [9.17, 15) is 0 Å². The molecule has 1 aromatic carbocycles. The lowest BCUT2D eigenvalue weighted by molar-refractivity contribution is 0.532. The largest absolute Gasteiger partial charge is 0.316 e. The first-order valence-corrected chi connectivity index (χ1v) is 8.39. The quantitative estimate of drug-likeness (QED) is 0.908. The molecule has 0 amide bonds. The monoisotopic (exact) mass is 336 g/mol. The Morgan fingerprint density at radius 2 is 2.37 bits per heavy atom. The summed E-state index contributed by atoms with van der Waals surface area (Å²) in [5, 5.41) is 6.86. The first-order valence-electron chi connectivity index (χ1n) is 6.72. The summed E-state index contributed by atoms with van der Waals surface area (Å²) in [7, 11) is 0. The summed E-state index contributed by atoms with van der Waals surface area (Å²) in [6, 6.07) is 8.34. The third-order valence-electron chi connectivity index (χ3n) is 3.60. The van der Waals surface area contributed by atoms with Gasteiger partial charge < -0.3 is 5.32 Å². The summed E-state index contributed by atoms with van der Waals surface area (Å²) in [6.45, 7) is 2.37. The molecule has 0 aliphatic carbocycles. The highest BCUT2D eigenvalue weighted by atomic mass is 79.9. The van der Waals surface area contributed by atoms with E-state index in [0.717, 1.165) is 22.5 Å². The Morgan fingerprint density at radius 1 is 1.42 bits per heavy atom. The second-order valence-electron chi connectivity index (χ2n) is 5.03. The van der Waals surface area contributed by atoms with Gasteiger partial charge in [0.1, 0.15) is 0 Å². The van der Waals surface area contributed by atoms with Gasteiger partial charge in [-0.15, -0.1) is 11.3 Å². The van der Waals surface area contributed by atoms with E-state index in [1.165, 1.54) is 36.5 Å². The molecular weight excluding hydrogens is 320 g/mol. The predicted octanol–water partition coefficient (Wildman–Crippen LogP) is 4.11. The molecule has 3 rings (SSSR count). The molecule has 19 heavy (non-hydrogen) atoms. The molecule has 0 saturated carbocycles. The van der Waals surface area contributed by atoms with Crippen molar-refractivity contribution < 1.29 is 0 Å². The summed E-state index contributed by atoms with van der Waals surface area (Å²) < 4.78 is 1.11. The third kappa shape index (κ3) is 3.44. The summed E-state index contributed by atoms with van der Waals surface area (Å²) in [5.74, 6) is 0.846. The van der Waals surface area contributed by atoms with Gasteiger partial charge in [-0.05, 0) is 50.4 Å². The second kappa shape index (κ2) is 6.16. The van der Waals surface area contributed by atoms with E-state index in [0.29, 0.717) is 0 Å². The lowest BCUT2D eigenvalue weighted by Gasteiger charge is -2.05. The first-order chi connectivity index (χ1) is 9.31. The van der Waals surface area contributed by atoms with E-state index in [-0.39, 0.29) is 0 Å². The van der Waals surface area contributed by atoms with Gasteiger partial charge in [0.25, 0.3) is 0 Å². The van der Waals surface area contributed by atoms with Gasteiger partial charge in [-0.3, -0.25) is 0 Å². The highest BCUT2D eigenvalue weighted by Gasteiger charge is 2.15. The Hall–Kier alpha value is -0.710. The van der Waals surface area contributed by atoms with E-state index in [1.807, 2.05) is 6.07 Å². The Bertz CT molecular complexity index is 547. The van der Waals surface area contributed by atoms with E-state index in [2.05, 4.69) is 44.8 Å². The summed E-state index contributed by atoms with van der Waals surface area (Å²) in [5.41, 5.74) is 2.30. The summed E-state index contributed by atoms with van der Waals surface area (Å²) in [4.78, 5) is 4.76. The standard InChI is InChI=1S/C15H17BrN2S/c16-13-3-1-2-12(8-13)14-10-19-15(18-14)5-4-11-6-7-17-9-11/h1-3,8,10-11,17H,4-7,9H2. The number of hydrogen-bond donors (Lipinski definition) is 1. The van der Waals surface area contributed by atoms with Crippen LogP contribution in [0.5, 0.6) is 0 Å². The smallest absolute Gasteiger partial charge is 0.0932 e. The lowest BCUT2D eigenvalue weighted by atomic mass is 10.0. The van der Waals surface area contributed by atoms with E-state index < -0.39 is 0 Å². The zero-order chi connectivity index (χ0) is 13.1. The fraction of sp³-hybridized carbons (Fsp3) is 0.400. The lowest BCUT2D eigenvalue weighted by Crippen LogP contribution is -2.09. The Balaban J connectivity index is 1.65.